The molecule has 0 spiro atoms. The van der Waals surface area contributed by atoms with Gasteiger partial charge in [-0.1, -0.05) is 90.4 Å². The number of carboxylic acid groups (broad SMARTS) is 1. The number of unbranched alkanes of at least 4 members (excludes halogenated alkanes) is 13. The highest BCUT2D eigenvalue weighted by atomic mass is 16.7. The highest BCUT2D eigenvalue weighted by Gasteiger charge is 2.47. The molecule has 0 unspecified atom stereocenters. The Morgan fingerprint density at radius 3 is 1.62 bits per heavy atom. The van der Waals surface area contributed by atoms with Crippen molar-refractivity contribution in [2.24, 2.45) is 0 Å². The number of aliphatic hydroxyl groups is 3. The molecule has 1 saturated heterocycles. The summed E-state index contributed by atoms with van der Waals surface area (Å²) in [6, 6.07) is 0. The van der Waals surface area contributed by atoms with Crippen LogP contribution >= 0.6 is 0 Å². The fourth-order valence-corrected chi connectivity index (χ4v) is 3.69. The van der Waals surface area contributed by atoms with E-state index in [1.807, 2.05) is 0 Å². The van der Waals surface area contributed by atoms with E-state index >= 15 is 0 Å². The maximum Gasteiger partial charge on any atom is 0.335 e. The van der Waals surface area contributed by atoms with Crippen molar-refractivity contribution >= 4 is 5.97 Å². The van der Waals surface area contributed by atoms with E-state index in [2.05, 4.69) is 6.92 Å². The maximum atomic E-state index is 11.0. The fourth-order valence-electron chi connectivity index (χ4n) is 3.69. The summed E-state index contributed by atoms with van der Waals surface area (Å²) >= 11 is 0. The summed E-state index contributed by atoms with van der Waals surface area (Å²) in [5.41, 5.74) is 0. The zero-order valence-electron chi connectivity index (χ0n) is 18.0. The van der Waals surface area contributed by atoms with Gasteiger partial charge in [0, 0.05) is 6.61 Å². The number of ether oxygens (including phenoxy) is 2. The summed E-state index contributed by atoms with van der Waals surface area (Å²) < 4.78 is 10.5. The van der Waals surface area contributed by atoms with Gasteiger partial charge in [0.05, 0.1) is 0 Å². The van der Waals surface area contributed by atoms with E-state index < -0.39 is 36.7 Å². The summed E-state index contributed by atoms with van der Waals surface area (Å²) in [6.07, 6.45) is 9.91. The third-order valence-electron chi connectivity index (χ3n) is 5.59. The molecule has 0 saturated carbocycles. The summed E-state index contributed by atoms with van der Waals surface area (Å²) in [5, 5.41) is 38.2. The Hall–Kier alpha value is -0.730. The van der Waals surface area contributed by atoms with Gasteiger partial charge in [0.1, 0.15) is 18.3 Å². The molecule has 0 aromatic carbocycles. The first-order valence-corrected chi connectivity index (χ1v) is 11.5. The molecule has 5 atom stereocenters. The van der Waals surface area contributed by atoms with Crippen LogP contribution in [0.2, 0.25) is 0 Å². The van der Waals surface area contributed by atoms with E-state index in [0.717, 1.165) is 19.3 Å². The molecule has 1 fully saturated rings. The lowest BCUT2D eigenvalue weighted by molar-refractivity contribution is -0.294. The monoisotopic (exact) mass is 418 g/mol. The van der Waals surface area contributed by atoms with Crippen LogP contribution in [0.4, 0.5) is 0 Å². The lowest BCUT2D eigenvalue weighted by Crippen LogP contribution is -2.60. The molecular weight excluding hydrogens is 376 g/mol. The molecule has 4 N–H and O–H groups in total. The second-order valence-electron chi connectivity index (χ2n) is 8.20. The van der Waals surface area contributed by atoms with Crippen LogP contribution in [0.15, 0.2) is 0 Å². The van der Waals surface area contributed by atoms with E-state index in [-0.39, 0.29) is 0 Å². The molecule has 0 aromatic heterocycles. The SMILES string of the molecule is CCCCCCCCCCCCCCCCO[C@@H]1O[C@H](C(=O)O)[C@@H](O)[C@H](O)[C@H]1O. The Bertz CT molecular complexity index is 418. The molecule has 0 amide bonds. The Morgan fingerprint density at radius 2 is 1.17 bits per heavy atom. The molecule has 0 aromatic rings. The third-order valence-corrected chi connectivity index (χ3v) is 5.59. The number of hydrogen-bond donors (Lipinski definition) is 4. The Labute approximate surface area is 175 Å². The average Bonchev–Trinajstić information content (AvgIpc) is 2.70. The molecular formula is C22H42O7. The molecule has 1 aliphatic rings. The smallest absolute Gasteiger partial charge is 0.335 e. The van der Waals surface area contributed by atoms with Crippen LogP contribution in [0.25, 0.3) is 0 Å². The highest BCUT2D eigenvalue weighted by Crippen LogP contribution is 2.22. The van der Waals surface area contributed by atoms with Gasteiger partial charge in [-0.25, -0.2) is 4.79 Å². The van der Waals surface area contributed by atoms with Gasteiger partial charge in [-0.05, 0) is 6.42 Å². The third kappa shape index (κ3) is 10.7. The molecule has 1 heterocycles. The van der Waals surface area contributed by atoms with Gasteiger partial charge < -0.3 is 29.9 Å². The molecule has 1 aliphatic heterocycles. The van der Waals surface area contributed by atoms with E-state index in [1.165, 1.54) is 70.6 Å². The molecule has 172 valence electrons. The zero-order valence-corrected chi connectivity index (χ0v) is 18.0. The van der Waals surface area contributed by atoms with E-state index in [4.69, 9.17) is 14.6 Å². The zero-order chi connectivity index (χ0) is 21.5. The topological polar surface area (TPSA) is 116 Å². The highest BCUT2D eigenvalue weighted by molar-refractivity contribution is 5.73. The number of hydrogen-bond acceptors (Lipinski definition) is 6. The van der Waals surface area contributed by atoms with Crippen molar-refractivity contribution in [1.82, 2.24) is 0 Å². The standard InChI is InChI=1S/C22H42O7/c1-2-3-4-5-6-7-8-9-10-11-12-13-14-15-16-28-22-19(25)17(23)18(24)20(29-22)21(26)27/h17-20,22-25H,2-16H2,1H3,(H,26,27)/t17-,18-,19+,20-,22+/m0/s1. The van der Waals surface area contributed by atoms with Crippen LogP contribution in [-0.4, -0.2) is 63.7 Å². The van der Waals surface area contributed by atoms with Crippen LogP contribution in [0.1, 0.15) is 96.8 Å². The van der Waals surface area contributed by atoms with Crippen molar-refractivity contribution < 1.29 is 34.7 Å². The Kier molecular flexibility index (Phi) is 14.5. The van der Waals surface area contributed by atoms with Gasteiger partial charge in [-0.2, -0.15) is 0 Å². The quantitative estimate of drug-likeness (QED) is 0.268. The van der Waals surface area contributed by atoms with E-state index in [1.54, 1.807) is 0 Å². The van der Waals surface area contributed by atoms with Gasteiger partial charge in [-0.15, -0.1) is 0 Å². The number of carboxylic acids is 1. The second kappa shape index (κ2) is 16.0. The minimum absolute atomic E-state index is 0.314. The minimum Gasteiger partial charge on any atom is -0.479 e. The maximum absolute atomic E-state index is 11.0. The van der Waals surface area contributed by atoms with Crippen molar-refractivity contribution in [2.45, 2.75) is 128 Å². The van der Waals surface area contributed by atoms with Crippen LogP contribution in [-0.2, 0) is 14.3 Å². The molecule has 1 rings (SSSR count). The van der Waals surface area contributed by atoms with Crippen LogP contribution < -0.4 is 0 Å². The van der Waals surface area contributed by atoms with Crippen LogP contribution in [0.3, 0.4) is 0 Å². The van der Waals surface area contributed by atoms with Crippen LogP contribution in [0.5, 0.6) is 0 Å². The largest absolute Gasteiger partial charge is 0.479 e. The molecule has 29 heavy (non-hydrogen) atoms. The number of aliphatic hydroxyl groups excluding tert-OH is 3. The molecule has 7 nitrogen and oxygen atoms in total. The van der Waals surface area contributed by atoms with Crippen molar-refractivity contribution in [1.29, 1.82) is 0 Å². The lowest BCUT2D eigenvalue weighted by Gasteiger charge is -2.38. The molecule has 0 bridgehead atoms. The van der Waals surface area contributed by atoms with E-state index in [0.29, 0.717) is 6.61 Å². The second-order valence-corrected chi connectivity index (χ2v) is 8.20. The predicted molar refractivity (Wildman–Crippen MR) is 111 cm³/mol. The van der Waals surface area contributed by atoms with Gasteiger partial charge in [-0.3, -0.25) is 0 Å². The van der Waals surface area contributed by atoms with Crippen molar-refractivity contribution in [2.75, 3.05) is 6.61 Å². The molecule has 0 aliphatic carbocycles. The first-order chi connectivity index (χ1) is 14.0. The van der Waals surface area contributed by atoms with Crippen LogP contribution in [0, 0.1) is 0 Å². The number of rotatable bonds is 17. The van der Waals surface area contributed by atoms with Gasteiger partial charge in [0.15, 0.2) is 12.4 Å². The Balaban J connectivity index is 1.96. The van der Waals surface area contributed by atoms with Crippen molar-refractivity contribution in [3.05, 3.63) is 0 Å². The van der Waals surface area contributed by atoms with Gasteiger partial charge >= 0.3 is 5.97 Å². The lowest BCUT2D eigenvalue weighted by atomic mass is 9.99. The number of carbonyl (C=O) groups is 1. The first-order valence-electron chi connectivity index (χ1n) is 11.5. The van der Waals surface area contributed by atoms with E-state index in [9.17, 15) is 20.1 Å². The molecule has 0 radical (unpaired) electrons. The van der Waals surface area contributed by atoms with Gasteiger partial charge in [0.2, 0.25) is 0 Å². The molecule has 7 heteroatoms. The number of aliphatic carboxylic acids is 1. The normalized spacial score (nSPS) is 27.2. The fraction of sp³-hybridized carbons (Fsp3) is 0.955. The summed E-state index contributed by atoms with van der Waals surface area (Å²) in [7, 11) is 0. The van der Waals surface area contributed by atoms with Gasteiger partial charge in [0.25, 0.3) is 0 Å². The summed E-state index contributed by atoms with van der Waals surface area (Å²) in [5.74, 6) is -1.39. The van der Waals surface area contributed by atoms with Crippen molar-refractivity contribution in [3.63, 3.8) is 0 Å². The average molecular weight is 419 g/mol. The predicted octanol–water partition coefficient (Wildman–Crippen LogP) is 3.38. The first kappa shape index (κ1) is 26.3. The van der Waals surface area contributed by atoms with Crippen molar-refractivity contribution in [3.8, 4) is 0 Å². The Morgan fingerprint density at radius 1 is 0.724 bits per heavy atom. The summed E-state index contributed by atoms with van der Waals surface area (Å²) in [6.45, 7) is 2.56. The minimum atomic E-state index is -1.68. The summed E-state index contributed by atoms with van der Waals surface area (Å²) in [4.78, 5) is 11.0.